The molecule has 1 saturated heterocycles. The summed E-state index contributed by atoms with van der Waals surface area (Å²) in [6, 6.07) is 8.96. The van der Waals surface area contributed by atoms with Gasteiger partial charge in [-0.05, 0) is 42.7 Å². The third-order valence-corrected chi connectivity index (χ3v) is 8.60. The molecular weight excluding hydrogens is 322 g/mol. The lowest BCUT2D eigenvalue weighted by Gasteiger charge is -2.36. The molecule has 2 aliphatic carbocycles. The van der Waals surface area contributed by atoms with Crippen LogP contribution in [0, 0.1) is 28.6 Å². The molecule has 0 N–H and O–H groups in total. The highest BCUT2D eigenvalue weighted by molar-refractivity contribution is 7.90. The molecule has 1 aliphatic heterocycles. The molecule has 1 aromatic carbocycles. The van der Waals surface area contributed by atoms with E-state index >= 15 is 0 Å². The summed E-state index contributed by atoms with van der Waals surface area (Å²) in [7, 11) is -3.58. The number of carbonyl (C=O) groups excluding carboxylic acids is 1. The van der Waals surface area contributed by atoms with Crippen LogP contribution in [-0.4, -0.2) is 30.4 Å². The maximum atomic E-state index is 12.7. The van der Waals surface area contributed by atoms with Gasteiger partial charge in [-0.1, -0.05) is 38.0 Å². The van der Waals surface area contributed by atoms with Gasteiger partial charge in [0.1, 0.15) is 0 Å². The minimum Gasteiger partial charge on any atom is -0.258 e. The topological polar surface area (TPSA) is 54.5 Å². The number of fused-ring (bicyclic) bond motifs is 1. The van der Waals surface area contributed by atoms with Crippen molar-refractivity contribution in [1.82, 2.24) is 4.31 Å². The van der Waals surface area contributed by atoms with E-state index in [0.717, 1.165) is 23.6 Å². The minimum absolute atomic E-state index is 0.0351. The second kappa shape index (κ2) is 4.86. The van der Waals surface area contributed by atoms with E-state index in [2.05, 4.69) is 25.7 Å². The van der Waals surface area contributed by atoms with Crippen LogP contribution in [0.2, 0.25) is 0 Å². The first kappa shape index (κ1) is 15.7. The summed E-state index contributed by atoms with van der Waals surface area (Å²) in [5.41, 5.74) is 0.387. The van der Waals surface area contributed by atoms with Crippen molar-refractivity contribution in [2.24, 2.45) is 16.7 Å². The predicted molar refractivity (Wildman–Crippen MR) is 91.3 cm³/mol. The van der Waals surface area contributed by atoms with Gasteiger partial charge in [-0.2, -0.15) is 0 Å². The van der Waals surface area contributed by atoms with Crippen LogP contribution < -0.4 is 0 Å². The van der Waals surface area contributed by atoms with E-state index in [0.29, 0.717) is 11.5 Å². The fourth-order valence-electron chi connectivity index (χ4n) is 5.26. The molecule has 2 bridgehead atoms. The highest BCUT2D eigenvalue weighted by Gasteiger charge is 2.72. The smallest absolute Gasteiger partial charge is 0.258 e. The summed E-state index contributed by atoms with van der Waals surface area (Å²) in [4.78, 5) is 12.6. The fraction of sp³-hybridized carbons (Fsp3) is 0.526. The molecule has 0 radical (unpaired) electrons. The molecule has 1 unspecified atom stereocenters. The van der Waals surface area contributed by atoms with E-state index < -0.39 is 15.9 Å². The predicted octanol–water partition coefficient (Wildman–Crippen LogP) is 2.41. The van der Waals surface area contributed by atoms with Crippen LogP contribution >= 0.6 is 0 Å². The molecule has 24 heavy (non-hydrogen) atoms. The zero-order valence-electron chi connectivity index (χ0n) is 14.0. The molecule has 1 aromatic rings. The summed E-state index contributed by atoms with van der Waals surface area (Å²) < 4.78 is 26.6. The minimum atomic E-state index is -3.58. The van der Waals surface area contributed by atoms with Gasteiger partial charge >= 0.3 is 5.91 Å². The monoisotopic (exact) mass is 343 g/mol. The summed E-state index contributed by atoms with van der Waals surface area (Å²) in [5.74, 6) is 5.35. The highest BCUT2D eigenvalue weighted by Crippen LogP contribution is 2.69. The van der Waals surface area contributed by atoms with Crippen molar-refractivity contribution in [2.45, 2.75) is 39.2 Å². The number of rotatable bonds is 0. The molecule has 4 nitrogen and oxygen atoms in total. The first-order valence-corrected chi connectivity index (χ1v) is 10.0. The number of hydrogen-bond acceptors (Lipinski definition) is 3. The SMILES string of the molecule is CC1(C)[C@H]2CCC13CS(=O)(=O)N(C(=O)C#Cc1ccccc1)[C@H]3C2. The van der Waals surface area contributed by atoms with Crippen molar-refractivity contribution in [1.29, 1.82) is 0 Å². The quantitative estimate of drug-likeness (QED) is 0.680. The lowest BCUT2D eigenvalue weighted by molar-refractivity contribution is -0.123. The molecule has 3 atom stereocenters. The molecule has 1 amide bonds. The van der Waals surface area contributed by atoms with E-state index in [1.54, 1.807) is 12.1 Å². The first-order valence-electron chi connectivity index (χ1n) is 8.41. The Morgan fingerprint density at radius 1 is 1.25 bits per heavy atom. The van der Waals surface area contributed by atoms with Gasteiger partial charge in [0.05, 0.1) is 11.8 Å². The largest absolute Gasteiger partial charge is 0.312 e. The van der Waals surface area contributed by atoms with Gasteiger partial charge in [-0.25, -0.2) is 12.7 Å². The van der Waals surface area contributed by atoms with Crippen molar-refractivity contribution >= 4 is 15.9 Å². The second-order valence-corrected chi connectivity index (χ2v) is 9.68. The van der Waals surface area contributed by atoms with Gasteiger partial charge in [0.2, 0.25) is 10.0 Å². The Labute approximate surface area is 143 Å². The molecule has 3 aliphatic rings. The van der Waals surface area contributed by atoms with Crippen molar-refractivity contribution in [3.05, 3.63) is 35.9 Å². The number of benzene rings is 1. The molecule has 0 aromatic heterocycles. The van der Waals surface area contributed by atoms with Gasteiger partial charge in [0.25, 0.3) is 0 Å². The van der Waals surface area contributed by atoms with E-state index in [4.69, 9.17) is 0 Å². The van der Waals surface area contributed by atoms with E-state index in [-0.39, 0.29) is 22.6 Å². The molecular formula is C19H21NO3S. The third-order valence-electron chi connectivity index (χ3n) is 6.70. The average molecular weight is 343 g/mol. The molecule has 1 spiro atoms. The van der Waals surface area contributed by atoms with E-state index in [1.807, 2.05) is 18.2 Å². The molecule has 2 saturated carbocycles. The Morgan fingerprint density at radius 2 is 1.96 bits per heavy atom. The Balaban J connectivity index is 1.69. The van der Waals surface area contributed by atoms with Crippen LogP contribution in [0.1, 0.15) is 38.7 Å². The Morgan fingerprint density at radius 3 is 2.62 bits per heavy atom. The molecule has 3 fully saturated rings. The summed E-state index contributed by atoms with van der Waals surface area (Å²) in [6.45, 7) is 4.34. The van der Waals surface area contributed by atoms with Gasteiger partial charge in [0, 0.05) is 16.9 Å². The average Bonchev–Trinajstić information content (AvgIpc) is 3.01. The fourth-order valence-corrected chi connectivity index (χ4v) is 7.73. The van der Waals surface area contributed by atoms with Crippen LogP contribution in [0.15, 0.2) is 30.3 Å². The molecule has 126 valence electrons. The Hall–Kier alpha value is -1.80. The molecule has 5 heteroatoms. The zero-order chi connectivity index (χ0) is 17.2. The van der Waals surface area contributed by atoms with Crippen molar-refractivity contribution in [3.63, 3.8) is 0 Å². The Kier molecular flexibility index (Phi) is 3.18. The van der Waals surface area contributed by atoms with Crippen LogP contribution in [-0.2, 0) is 14.8 Å². The van der Waals surface area contributed by atoms with Gasteiger partial charge in [0.15, 0.2) is 0 Å². The molecule has 4 rings (SSSR count). The Bertz CT molecular complexity index is 863. The maximum absolute atomic E-state index is 12.7. The van der Waals surface area contributed by atoms with Crippen molar-refractivity contribution in [3.8, 4) is 11.8 Å². The van der Waals surface area contributed by atoms with Crippen LogP contribution in [0.25, 0.3) is 0 Å². The number of hydrogen-bond donors (Lipinski definition) is 0. The summed E-state index contributed by atoms with van der Waals surface area (Å²) >= 11 is 0. The van der Waals surface area contributed by atoms with E-state index in [9.17, 15) is 13.2 Å². The van der Waals surface area contributed by atoms with Crippen LogP contribution in [0.5, 0.6) is 0 Å². The van der Waals surface area contributed by atoms with Gasteiger partial charge < -0.3 is 0 Å². The standard InChI is InChI=1S/C19H21NO3S/c1-18(2)15-10-11-19(18)13-24(22,23)20(16(19)12-15)17(21)9-8-14-6-4-3-5-7-14/h3-7,15-16H,10-13H2,1-2H3/t15-,16-,19?/m0/s1. The number of amides is 1. The van der Waals surface area contributed by atoms with Crippen LogP contribution in [0.4, 0.5) is 0 Å². The highest BCUT2D eigenvalue weighted by atomic mass is 32.2. The van der Waals surface area contributed by atoms with E-state index in [1.165, 1.54) is 0 Å². The second-order valence-electron chi connectivity index (χ2n) is 7.84. The zero-order valence-corrected chi connectivity index (χ0v) is 14.8. The third kappa shape index (κ3) is 1.92. The molecule has 1 heterocycles. The van der Waals surface area contributed by atoms with Crippen molar-refractivity contribution < 1.29 is 13.2 Å². The first-order chi connectivity index (χ1) is 11.3. The van der Waals surface area contributed by atoms with Gasteiger partial charge in [-0.3, -0.25) is 4.79 Å². The lowest BCUT2D eigenvalue weighted by Crippen LogP contribution is -2.43. The number of carbonyl (C=O) groups is 1. The van der Waals surface area contributed by atoms with Crippen molar-refractivity contribution in [2.75, 3.05) is 5.75 Å². The van der Waals surface area contributed by atoms with Crippen LogP contribution in [0.3, 0.4) is 0 Å². The summed E-state index contributed by atoms with van der Waals surface area (Å²) in [6.07, 6.45) is 2.74. The maximum Gasteiger partial charge on any atom is 0.312 e. The summed E-state index contributed by atoms with van der Waals surface area (Å²) in [5, 5.41) is 0. The number of nitrogens with zero attached hydrogens (tertiary/aromatic N) is 1. The van der Waals surface area contributed by atoms with Gasteiger partial charge in [-0.15, -0.1) is 0 Å². The normalized spacial score (nSPS) is 34.5. The lowest BCUT2D eigenvalue weighted by atomic mass is 9.69. The number of sulfonamides is 1.